The highest BCUT2D eigenvalue weighted by Gasteiger charge is 2.02. The zero-order valence-electron chi connectivity index (χ0n) is 11.2. The molecule has 1 rings (SSSR count). The van der Waals surface area contributed by atoms with E-state index in [2.05, 4.69) is 50.9 Å². The van der Waals surface area contributed by atoms with Gasteiger partial charge in [0.1, 0.15) is 0 Å². The summed E-state index contributed by atoms with van der Waals surface area (Å²) in [5.74, 6) is 0.902. The normalized spacial score (nSPS) is 13.8. The minimum atomic E-state index is 0.320. The Balaban J connectivity index is 2.61. The Hall–Kier alpha value is -0.960. The van der Waals surface area contributed by atoms with Crippen LogP contribution in [0.15, 0.2) is 23.2 Å². The van der Waals surface area contributed by atoms with E-state index in [0.29, 0.717) is 11.2 Å². The summed E-state index contributed by atoms with van der Waals surface area (Å²) in [5.41, 5.74) is 9.86. The molecular weight excluding hydrogens is 228 g/mol. The van der Waals surface area contributed by atoms with Gasteiger partial charge in [-0.2, -0.15) is 0 Å². The van der Waals surface area contributed by atoms with E-state index in [1.165, 1.54) is 16.7 Å². The maximum absolute atomic E-state index is 5.90. The van der Waals surface area contributed by atoms with Crippen molar-refractivity contribution in [2.24, 2.45) is 10.7 Å². The van der Waals surface area contributed by atoms with Gasteiger partial charge in [-0.1, -0.05) is 42.4 Å². The van der Waals surface area contributed by atoms with Gasteiger partial charge in [-0.3, -0.25) is 4.99 Å². The number of benzene rings is 1. The number of amidine groups is 1. The van der Waals surface area contributed by atoms with Crippen LogP contribution >= 0.6 is 11.8 Å². The third-order valence-corrected chi connectivity index (χ3v) is 3.68. The molecule has 0 amide bonds. The minimum Gasteiger partial charge on any atom is -0.379 e. The molecule has 94 valence electrons. The molecule has 0 saturated heterocycles. The average molecular weight is 250 g/mol. The molecule has 0 fully saturated rings. The first kappa shape index (κ1) is 14.1. The second kappa shape index (κ2) is 6.70. The molecule has 0 aliphatic carbocycles. The molecule has 0 radical (unpaired) electrons. The molecule has 2 nitrogen and oxygen atoms in total. The Morgan fingerprint density at radius 1 is 1.41 bits per heavy atom. The van der Waals surface area contributed by atoms with Crippen LogP contribution in [0.25, 0.3) is 0 Å². The third kappa shape index (κ3) is 4.82. The summed E-state index contributed by atoms with van der Waals surface area (Å²) in [6.07, 6.45) is 1.03. The molecule has 0 bridgehead atoms. The van der Waals surface area contributed by atoms with Crippen LogP contribution in [0.5, 0.6) is 0 Å². The lowest BCUT2D eigenvalue weighted by Gasteiger charge is -2.08. The van der Waals surface area contributed by atoms with Crippen LogP contribution in [0.2, 0.25) is 0 Å². The van der Waals surface area contributed by atoms with Crippen LogP contribution in [0, 0.1) is 13.8 Å². The highest BCUT2D eigenvalue weighted by Crippen LogP contribution is 2.18. The Kier molecular flexibility index (Phi) is 5.56. The number of nitrogens with zero attached hydrogens (tertiary/aromatic N) is 1. The molecule has 17 heavy (non-hydrogen) atoms. The predicted molar refractivity (Wildman–Crippen MR) is 78.6 cm³/mol. The summed E-state index contributed by atoms with van der Waals surface area (Å²) in [6, 6.07) is 6.84. The molecule has 0 aromatic heterocycles. The predicted octanol–water partition coefficient (Wildman–Crippen LogP) is 3.65. The van der Waals surface area contributed by atoms with Crippen LogP contribution in [0.3, 0.4) is 0 Å². The number of aryl methyl sites for hydroxylation is 2. The number of thioether (sulfide) groups is 1. The first-order valence-electron chi connectivity index (χ1n) is 6.05. The van der Waals surface area contributed by atoms with Gasteiger partial charge < -0.3 is 5.73 Å². The molecule has 1 atom stereocenters. The van der Waals surface area contributed by atoms with Crippen molar-refractivity contribution in [2.75, 3.05) is 0 Å². The third-order valence-electron chi connectivity index (χ3n) is 2.82. The molecule has 2 N–H and O–H groups in total. The lowest BCUT2D eigenvalue weighted by Crippen LogP contribution is -2.11. The van der Waals surface area contributed by atoms with E-state index in [0.717, 1.165) is 12.2 Å². The molecular formula is C14H22N2S. The maximum atomic E-state index is 5.90. The summed E-state index contributed by atoms with van der Waals surface area (Å²) < 4.78 is 0. The maximum Gasteiger partial charge on any atom is 0.154 e. The fraction of sp³-hybridized carbons (Fsp3) is 0.500. The van der Waals surface area contributed by atoms with Crippen molar-refractivity contribution in [1.29, 1.82) is 0 Å². The monoisotopic (exact) mass is 250 g/mol. The molecule has 0 aliphatic rings. The number of rotatable bonds is 4. The van der Waals surface area contributed by atoms with E-state index in [1.54, 1.807) is 11.8 Å². The Morgan fingerprint density at radius 2 is 2.12 bits per heavy atom. The number of aliphatic imine (C=N–C) groups is 1. The van der Waals surface area contributed by atoms with Crippen molar-refractivity contribution >= 4 is 16.9 Å². The van der Waals surface area contributed by atoms with E-state index in [4.69, 9.17) is 5.73 Å². The number of nitrogens with two attached hydrogens (primary N) is 1. The standard InChI is InChI=1S/C14H22N2S/c1-5-12(4)16-14(15)17-9-13-8-10(2)6-7-11(13)3/h6-8,12H,5,9H2,1-4H3,(H2,15,16)/t12-/m1/s1. The molecule has 0 spiro atoms. The molecule has 1 aromatic carbocycles. The largest absolute Gasteiger partial charge is 0.379 e. The number of hydrogen-bond donors (Lipinski definition) is 1. The molecule has 0 aliphatic heterocycles. The van der Waals surface area contributed by atoms with Crippen LogP contribution in [-0.4, -0.2) is 11.2 Å². The van der Waals surface area contributed by atoms with Crippen LogP contribution in [0.4, 0.5) is 0 Å². The van der Waals surface area contributed by atoms with Gasteiger partial charge in [0.05, 0.1) is 0 Å². The molecule has 0 saturated carbocycles. The fourth-order valence-electron chi connectivity index (χ4n) is 1.45. The molecule has 0 unspecified atom stereocenters. The highest BCUT2D eigenvalue weighted by atomic mass is 32.2. The quantitative estimate of drug-likeness (QED) is 0.654. The Morgan fingerprint density at radius 3 is 2.76 bits per heavy atom. The van der Waals surface area contributed by atoms with E-state index in [1.807, 2.05) is 0 Å². The van der Waals surface area contributed by atoms with Crippen LogP contribution in [0.1, 0.15) is 37.0 Å². The van der Waals surface area contributed by atoms with Crippen molar-refractivity contribution < 1.29 is 0 Å². The van der Waals surface area contributed by atoms with Crippen LogP contribution in [-0.2, 0) is 5.75 Å². The topological polar surface area (TPSA) is 38.4 Å². The van der Waals surface area contributed by atoms with E-state index in [-0.39, 0.29) is 0 Å². The van der Waals surface area contributed by atoms with Crippen molar-refractivity contribution in [2.45, 2.75) is 45.9 Å². The lowest BCUT2D eigenvalue weighted by atomic mass is 10.1. The molecule has 1 aromatic rings. The zero-order valence-corrected chi connectivity index (χ0v) is 12.0. The second-order valence-electron chi connectivity index (χ2n) is 4.44. The summed E-state index contributed by atoms with van der Waals surface area (Å²) in [6.45, 7) is 8.46. The van der Waals surface area contributed by atoms with Crippen molar-refractivity contribution in [1.82, 2.24) is 0 Å². The van der Waals surface area contributed by atoms with Gasteiger partial charge in [-0.05, 0) is 38.3 Å². The Bertz CT molecular complexity index is 399. The van der Waals surface area contributed by atoms with Gasteiger partial charge in [0.25, 0.3) is 0 Å². The highest BCUT2D eigenvalue weighted by molar-refractivity contribution is 8.13. The average Bonchev–Trinajstić information content (AvgIpc) is 2.30. The molecule has 0 heterocycles. The summed E-state index contributed by atoms with van der Waals surface area (Å²) in [7, 11) is 0. The van der Waals surface area contributed by atoms with Gasteiger partial charge in [-0.25, -0.2) is 0 Å². The lowest BCUT2D eigenvalue weighted by molar-refractivity contribution is 0.718. The fourth-order valence-corrected chi connectivity index (χ4v) is 2.32. The second-order valence-corrected chi connectivity index (χ2v) is 5.44. The van der Waals surface area contributed by atoms with E-state index < -0.39 is 0 Å². The van der Waals surface area contributed by atoms with Crippen molar-refractivity contribution in [3.05, 3.63) is 34.9 Å². The summed E-state index contributed by atoms with van der Waals surface area (Å²) in [4.78, 5) is 4.42. The van der Waals surface area contributed by atoms with Gasteiger partial charge in [0.15, 0.2) is 5.17 Å². The number of hydrogen-bond acceptors (Lipinski definition) is 2. The van der Waals surface area contributed by atoms with Gasteiger partial charge >= 0.3 is 0 Å². The first-order valence-corrected chi connectivity index (χ1v) is 7.03. The van der Waals surface area contributed by atoms with Crippen LogP contribution < -0.4 is 5.73 Å². The summed E-state index contributed by atoms with van der Waals surface area (Å²) >= 11 is 1.62. The SMILES string of the molecule is CC[C@@H](C)N=C(N)SCc1cc(C)ccc1C. The smallest absolute Gasteiger partial charge is 0.154 e. The zero-order chi connectivity index (χ0) is 12.8. The minimum absolute atomic E-state index is 0.320. The van der Waals surface area contributed by atoms with Crippen molar-refractivity contribution in [3.63, 3.8) is 0 Å². The summed E-state index contributed by atoms with van der Waals surface area (Å²) in [5, 5.41) is 0.695. The van der Waals surface area contributed by atoms with E-state index >= 15 is 0 Å². The van der Waals surface area contributed by atoms with Gasteiger partial charge in [-0.15, -0.1) is 0 Å². The first-order chi connectivity index (χ1) is 8.02. The van der Waals surface area contributed by atoms with Crippen molar-refractivity contribution in [3.8, 4) is 0 Å². The van der Waals surface area contributed by atoms with Gasteiger partial charge in [0, 0.05) is 11.8 Å². The van der Waals surface area contributed by atoms with E-state index in [9.17, 15) is 0 Å². The Labute approximate surface area is 109 Å². The molecule has 3 heteroatoms. The van der Waals surface area contributed by atoms with Gasteiger partial charge in [0.2, 0.25) is 0 Å².